The summed E-state index contributed by atoms with van der Waals surface area (Å²) in [5, 5.41) is 0.643. The summed E-state index contributed by atoms with van der Waals surface area (Å²) in [6.45, 7) is 3.66. The van der Waals surface area contributed by atoms with Crippen molar-refractivity contribution in [1.29, 1.82) is 0 Å². The van der Waals surface area contributed by atoms with Gasteiger partial charge < -0.3 is 4.98 Å². The minimum absolute atomic E-state index is 0.287. The first kappa shape index (κ1) is 8.36. The van der Waals surface area contributed by atoms with Gasteiger partial charge in [0.1, 0.15) is 11.0 Å². The van der Waals surface area contributed by atoms with Crippen molar-refractivity contribution in [1.82, 2.24) is 9.97 Å². The molecule has 54 valence electrons. The van der Waals surface area contributed by atoms with Crippen molar-refractivity contribution >= 4 is 49.4 Å². The average Bonchev–Trinajstić information content (AvgIpc) is 2.13. The summed E-state index contributed by atoms with van der Waals surface area (Å²) < 4.78 is 0.784. The molecule has 0 saturated heterocycles. The van der Waals surface area contributed by atoms with E-state index in [1.165, 1.54) is 0 Å². The van der Waals surface area contributed by atoms with Crippen LogP contribution in [0.25, 0.3) is 3.58 Å². The van der Waals surface area contributed by atoms with E-state index in [-0.39, 0.29) is 5.15 Å². The fourth-order valence-electron chi connectivity index (χ4n) is 0.459. The number of nitrogens with one attached hydrogen (secondary N) is 1. The summed E-state index contributed by atoms with van der Waals surface area (Å²) in [6, 6.07) is 0. The van der Waals surface area contributed by atoms with Crippen molar-refractivity contribution in [3.63, 3.8) is 0 Å². The zero-order valence-electron chi connectivity index (χ0n) is 4.79. The van der Waals surface area contributed by atoms with Crippen LogP contribution in [0, 0.1) is 0 Å². The summed E-state index contributed by atoms with van der Waals surface area (Å²) >= 11 is 13.2. The molecule has 0 atom stereocenters. The van der Waals surface area contributed by atoms with Gasteiger partial charge in [-0.05, 0) is 22.6 Å². The third kappa shape index (κ3) is 1.65. The van der Waals surface area contributed by atoms with Crippen LogP contribution in [0.15, 0.2) is 6.58 Å². The van der Waals surface area contributed by atoms with E-state index >= 15 is 0 Å². The molecule has 0 fully saturated rings. The molecule has 5 heteroatoms. The highest BCUT2D eigenvalue weighted by Gasteiger charge is 2.05. The molecule has 0 radical (unpaired) electrons. The topological polar surface area (TPSA) is 28.7 Å². The van der Waals surface area contributed by atoms with E-state index < -0.39 is 0 Å². The monoisotopic (exact) mass is 288 g/mol. The molecule has 0 spiro atoms. The molecule has 0 aromatic carbocycles. The van der Waals surface area contributed by atoms with Crippen LogP contribution >= 0.6 is 45.8 Å². The second-order valence-corrected chi connectivity index (χ2v) is 3.63. The Balaban J connectivity index is 3.10. The van der Waals surface area contributed by atoms with Crippen LogP contribution in [0.1, 0.15) is 5.82 Å². The second-order valence-electron chi connectivity index (χ2n) is 1.60. The van der Waals surface area contributed by atoms with Crippen LogP contribution < -0.4 is 0 Å². The van der Waals surface area contributed by atoms with E-state index in [0.29, 0.717) is 11.0 Å². The van der Waals surface area contributed by atoms with Gasteiger partial charge in [-0.3, -0.25) is 0 Å². The van der Waals surface area contributed by atoms with Crippen molar-refractivity contribution in [3.05, 3.63) is 22.7 Å². The van der Waals surface area contributed by atoms with Gasteiger partial charge in [-0.15, -0.1) is 0 Å². The lowest BCUT2D eigenvalue weighted by Crippen LogP contribution is -1.75. The Morgan fingerprint density at radius 2 is 2.20 bits per heavy atom. The molecular weight excluding hydrogens is 286 g/mol. The fraction of sp³-hybridized carbons (Fsp3) is 0. The van der Waals surface area contributed by atoms with Crippen LogP contribution in [0.4, 0.5) is 0 Å². The third-order valence-electron chi connectivity index (χ3n) is 0.876. The van der Waals surface area contributed by atoms with Gasteiger partial charge in [0.15, 0.2) is 5.15 Å². The van der Waals surface area contributed by atoms with E-state index in [2.05, 4.69) is 16.5 Å². The third-order valence-corrected chi connectivity index (χ3v) is 2.03. The van der Waals surface area contributed by atoms with Crippen molar-refractivity contribution in [2.45, 2.75) is 0 Å². The molecule has 1 N–H and O–H groups in total. The fourth-order valence-corrected chi connectivity index (χ4v) is 0.978. The molecular formula is C5H3Cl2IN2. The molecule has 0 unspecified atom stereocenters. The number of imidazole rings is 1. The van der Waals surface area contributed by atoms with E-state index in [0.717, 1.165) is 3.58 Å². The largest absolute Gasteiger partial charge is 0.327 e. The van der Waals surface area contributed by atoms with Crippen LogP contribution in [-0.4, -0.2) is 9.97 Å². The summed E-state index contributed by atoms with van der Waals surface area (Å²) in [4.78, 5) is 6.64. The maximum atomic E-state index is 5.58. The van der Waals surface area contributed by atoms with Gasteiger partial charge in [0.05, 0.1) is 0 Å². The smallest absolute Gasteiger partial charge is 0.166 e. The Morgan fingerprint density at radius 3 is 2.40 bits per heavy atom. The number of aromatic nitrogens is 2. The quantitative estimate of drug-likeness (QED) is 0.790. The van der Waals surface area contributed by atoms with E-state index in [9.17, 15) is 0 Å². The molecule has 10 heavy (non-hydrogen) atoms. The molecule has 2 nitrogen and oxygen atoms in total. The number of halogens is 3. The van der Waals surface area contributed by atoms with Gasteiger partial charge in [-0.2, -0.15) is 0 Å². The summed E-state index contributed by atoms with van der Waals surface area (Å²) in [7, 11) is 0. The summed E-state index contributed by atoms with van der Waals surface area (Å²) in [6.07, 6.45) is 0. The Bertz CT molecular complexity index is 249. The Hall–Kier alpha value is 0.260. The molecule has 1 aromatic heterocycles. The Kier molecular flexibility index (Phi) is 2.60. The summed E-state index contributed by atoms with van der Waals surface area (Å²) in [5.41, 5.74) is 0. The molecule has 1 rings (SSSR count). The number of H-pyrrole nitrogens is 1. The minimum Gasteiger partial charge on any atom is -0.327 e. The highest BCUT2D eigenvalue weighted by atomic mass is 127. The van der Waals surface area contributed by atoms with E-state index in [1.807, 2.05) is 22.6 Å². The van der Waals surface area contributed by atoms with Crippen molar-refractivity contribution in [3.8, 4) is 0 Å². The lowest BCUT2D eigenvalue weighted by Gasteiger charge is -1.85. The Morgan fingerprint density at radius 1 is 1.60 bits per heavy atom. The SMILES string of the molecule is C=C(I)c1nc(Cl)c(Cl)[nH]1. The number of hydrogen-bond donors (Lipinski definition) is 1. The predicted molar refractivity (Wildman–Crippen MR) is 51.7 cm³/mol. The zero-order chi connectivity index (χ0) is 7.72. The van der Waals surface area contributed by atoms with Crippen LogP contribution in [-0.2, 0) is 0 Å². The number of nitrogens with zero attached hydrogens (tertiary/aromatic N) is 1. The number of hydrogen-bond acceptors (Lipinski definition) is 1. The highest BCUT2D eigenvalue weighted by Crippen LogP contribution is 2.23. The van der Waals surface area contributed by atoms with Gasteiger partial charge in [-0.25, -0.2) is 4.98 Å². The molecule has 1 heterocycles. The van der Waals surface area contributed by atoms with E-state index in [1.54, 1.807) is 0 Å². The maximum absolute atomic E-state index is 5.58. The summed E-state index contributed by atoms with van der Waals surface area (Å²) in [5.74, 6) is 0.621. The van der Waals surface area contributed by atoms with Gasteiger partial charge >= 0.3 is 0 Å². The second kappa shape index (κ2) is 3.11. The van der Waals surface area contributed by atoms with Crippen LogP contribution in [0.3, 0.4) is 0 Å². The molecule has 1 aromatic rings. The normalized spacial score (nSPS) is 9.90. The van der Waals surface area contributed by atoms with Crippen molar-refractivity contribution in [2.75, 3.05) is 0 Å². The van der Waals surface area contributed by atoms with Crippen LogP contribution in [0.2, 0.25) is 10.3 Å². The molecule has 0 saturated carbocycles. The Labute approximate surface area is 81.8 Å². The number of aromatic amines is 1. The molecule has 0 aliphatic heterocycles. The zero-order valence-corrected chi connectivity index (χ0v) is 8.46. The van der Waals surface area contributed by atoms with Gasteiger partial charge in [0.2, 0.25) is 0 Å². The minimum atomic E-state index is 0.287. The van der Waals surface area contributed by atoms with Gasteiger partial charge in [0, 0.05) is 3.58 Å². The first-order valence-electron chi connectivity index (χ1n) is 2.37. The molecule has 0 aliphatic carbocycles. The molecule has 0 bridgehead atoms. The van der Waals surface area contributed by atoms with Gasteiger partial charge in [-0.1, -0.05) is 29.8 Å². The average molecular weight is 289 g/mol. The lowest BCUT2D eigenvalue weighted by molar-refractivity contribution is 1.26. The molecule has 0 amide bonds. The van der Waals surface area contributed by atoms with Crippen molar-refractivity contribution < 1.29 is 0 Å². The standard InChI is InChI=1S/C5H3Cl2IN2/c1-2(8)5-9-3(6)4(7)10-5/h1H2,(H,9,10). The predicted octanol–water partition coefficient (Wildman–Crippen LogP) is 3.12. The number of rotatable bonds is 1. The first-order chi connectivity index (χ1) is 4.61. The highest BCUT2D eigenvalue weighted by molar-refractivity contribution is 14.1. The van der Waals surface area contributed by atoms with Gasteiger partial charge in [0.25, 0.3) is 0 Å². The maximum Gasteiger partial charge on any atom is 0.166 e. The van der Waals surface area contributed by atoms with E-state index in [4.69, 9.17) is 23.2 Å². The van der Waals surface area contributed by atoms with Crippen LogP contribution in [0.5, 0.6) is 0 Å². The lowest BCUT2D eigenvalue weighted by atomic mass is 10.6. The molecule has 0 aliphatic rings. The van der Waals surface area contributed by atoms with Crippen molar-refractivity contribution in [2.24, 2.45) is 0 Å². The first-order valence-corrected chi connectivity index (χ1v) is 4.20.